The van der Waals surface area contributed by atoms with E-state index in [2.05, 4.69) is 5.32 Å². The number of carbonyl (C=O) groups is 2. The topological polar surface area (TPSA) is 49.4 Å². The second-order valence-electron chi connectivity index (χ2n) is 5.52. The number of anilines is 1. The van der Waals surface area contributed by atoms with Gasteiger partial charge in [0.25, 0.3) is 5.91 Å². The standard InChI is InChI=1S/C18H18Cl2N2O2/c1-11(16-9-6-14(19)10-17(16)20)22(3)18(24)13-4-7-15(8-5-13)21-12(2)23/h4-11H,1-3H3,(H,21,23)/t11-/m0/s1. The second kappa shape index (κ2) is 7.69. The van der Waals surface area contributed by atoms with E-state index in [4.69, 9.17) is 23.2 Å². The third kappa shape index (κ3) is 4.28. The maximum atomic E-state index is 12.6. The largest absolute Gasteiger partial charge is 0.335 e. The molecule has 0 aliphatic heterocycles. The van der Waals surface area contributed by atoms with Crippen LogP contribution in [0.25, 0.3) is 0 Å². The minimum absolute atomic E-state index is 0.136. The Bertz CT molecular complexity index is 760. The molecule has 24 heavy (non-hydrogen) atoms. The first-order chi connectivity index (χ1) is 11.3. The summed E-state index contributed by atoms with van der Waals surface area (Å²) in [5.41, 5.74) is 2.01. The molecule has 0 radical (unpaired) electrons. The SMILES string of the molecule is CC(=O)Nc1ccc(C(=O)N(C)[C@@H](C)c2ccc(Cl)cc2Cl)cc1. The molecule has 0 aromatic heterocycles. The molecule has 2 aromatic carbocycles. The lowest BCUT2D eigenvalue weighted by molar-refractivity contribution is -0.114. The summed E-state index contributed by atoms with van der Waals surface area (Å²) < 4.78 is 0. The van der Waals surface area contributed by atoms with Crippen LogP contribution in [0.5, 0.6) is 0 Å². The van der Waals surface area contributed by atoms with Gasteiger partial charge in [0.15, 0.2) is 0 Å². The molecule has 126 valence electrons. The fourth-order valence-corrected chi connectivity index (χ4v) is 2.89. The van der Waals surface area contributed by atoms with E-state index in [1.54, 1.807) is 48.3 Å². The van der Waals surface area contributed by atoms with Crippen molar-refractivity contribution in [3.63, 3.8) is 0 Å². The Labute approximate surface area is 151 Å². The van der Waals surface area contributed by atoms with Gasteiger partial charge in [0.05, 0.1) is 6.04 Å². The molecule has 0 saturated heterocycles. The van der Waals surface area contributed by atoms with Crippen LogP contribution < -0.4 is 5.32 Å². The second-order valence-corrected chi connectivity index (χ2v) is 6.36. The van der Waals surface area contributed by atoms with Crippen LogP contribution >= 0.6 is 23.2 Å². The van der Waals surface area contributed by atoms with Crippen molar-refractivity contribution >= 4 is 40.7 Å². The molecule has 1 N–H and O–H groups in total. The maximum absolute atomic E-state index is 12.6. The van der Waals surface area contributed by atoms with Crippen molar-refractivity contribution in [2.45, 2.75) is 19.9 Å². The average Bonchev–Trinajstić information content (AvgIpc) is 2.53. The van der Waals surface area contributed by atoms with Gasteiger partial charge in [-0.1, -0.05) is 29.3 Å². The molecule has 0 spiro atoms. The van der Waals surface area contributed by atoms with Gasteiger partial charge >= 0.3 is 0 Å². The van der Waals surface area contributed by atoms with Gasteiger partial charge in [-0.2, -0.15) is 0 Å². The number of halogens is 2. The highest BCUT2D eigenvalue weighted by molar-refractivity contribution is 6.35. The Hall–Kier alpha value is -2.04. The Morgan fingerprint density at radius 1 is 1.08 bits per heavy atom. The summed E-state index contributed by atoms with van der Waals surface area (Å²) in [6, 6.07) is 11.8. The smallest absolute Gasteiger partial charge is 0.254 e. The lowest BCUT2D eigenvalue weighted by Crippen LogP contribution is -2.29. The van der Waals surface area contributed by atoms with E-state index in [1.165, 1.54) is 6.92 Å². The van der Waals surface area contributed by atoms with Crippen molar-refractivity contribution in [2.75, 3.05) is 12.4 Å². The highest BCUT2D eigenvalue weighted by Gasteiger charge is 2.20. The van der Waals surface area contributed by atoms with Crippen molar-refractivity contribution in [2.24, 2.45) is 0 Å². The molecule has 0 fully saturated rings. The highest BCUT2D eigenvalue weighted by atomic mass is 35.5. The Kier molecular flexibility index (Phi) is 5.86. The summed E-state index contributed by atoms with van der Waals surface area (Å²) in [4.78, 5) is 25.3. The normalized spacial score (nSPS) is 11.7. The number of hydrogen-bond donors (Lipinski definition) is 1. The predicted octanol–water partition coefficient (Wildman–Crippen LogP) is 4.79. The van der Waals surface area contributed by atoms with Crippen molar-refractivity contribution in [3.05, 3.63) is 63.6 Å². The van der Waals surface area contributed by atoms with Gasteiger partial charge in [-0.15, -0.1) is 0 Å². The van der Waals surface area contributed by atoms with Crippen molar-refractivity contribution in [1.82, 2.24) is 4.90 Å². The van der Waals surface area contributed by atoms with E-state index in [1.807, 2.05) is 13.0 Å². The number of carbonyl (C=O) groups excluding carboxylic acids is 2. The lowest BCUT2D eigenvalue weighted by Gasteiger charge is -2.26. The molecule has 2 amide bonds. The number of nitrogens with one attached hydrogen (secondary N) is 1. The molecule has 1 atom stereocenters. The van der Waals surface area contributed by atoms with Crippen molar-refractivity contribution in [3.8, 4) is 0 Å². The fourth-order valence-electron chi connectivity index (χ4n) is 2.33. The van der Waals surface area contributed by atoms with Gasteiger partial charge in [-0.05, 0) is 48.9 Å². The molecule has 4 nitrogen and oxygen atoms in total. The van der Waals surface area contributed by atoms with E-state index in [9.17, 15) is 9.59 Å². The third-order valence-corrected chi connectivity index (χ3v) is 4.33. The summed E-state index contributed by atoms with van der Waals surface area (Å²) in [6.07, 6.45) is 0. The quantitative estimate of drug-likeness (QED) is 0.847. The van der Waals surface area contributed by atoms with E-state index in [-0.39, 0.29) is 17.9 Å². The van der Waals surface area contributed by atoms with E-state index >= 15 is 0 Å². The molecular formula is C18H18Cl2N2O2. The molecule has 2 aromatic rings. The van der Waals surface area contributed by atoms with Gasteiger partial charge in [-0.25, -0.2) is 0 Å². The van der Waals surface area contributed by atoms with Crippen LogP contribution in [0.2, 0.25) is 10.0 Å². The Morgan fingerprint density at radius 2 is 1.71 bits per heavy atom. The number of rotatable bonds is 4. The van der Waals surface area contributed by atoms with Crippen LogP contribution in [0.3, 0.4) is 0 Å². The first-order valence-corrected chi connectivity index (χ1v) is 8.15. The monoisotopic (exact) mass is 364 g/mol. The lowest BCUT2D eigenvalue weighted by atomic mass is 10.1. The zero-order valence-electron chi connectivity index (χ0n) is 13.6. The van der Waals surface area contributed by atoms with Crippen LogP contribution in [0.1, 0.15) is 35.8 Å². The highest BCUT2D eigenvalue weighted by Crippen LogP contribution is 2.29. The fraction of sp³-hybridized carbons (Fsp3) is 0.222. The molecule has 0 aliphatic rings. The molecular weight excluding hydrogens is 347 g/mol. The molecule has 6 heteroatoms. The Morgan fingerprint density at radius 3 is 2.25 bits per heavy atom. The summed E-state index contributed by atoms with van der Waals surface area (Å²) in [6.45, 7) is 3.34. The number of amides is 2. The summed E-state index contributed by atoms with van der Waals surface area (Å²) in [7, 11) is 1.72. The summed E-state index contributed by atoms with van der Waals surface area (Å²) in [5.74, 6) is -0.292. The predicted molar refractivity (Wildman–Crippen MR) is 97.7 cm³/mol. The minimum Gasteiger partial charge on any atom is -0.335 e. The van der Waals surface area contributed by atoms with Crippen LogP contribution in [-0.4, -0.2) is 23.8 Å². The first-order valence-electron chi connectivity index (χ1n) is 7.39. The first kappa shape index (κ1) is 18.3. The molecule has 0 aliphatic carbocycles. The number of hydrogen-bond acceptors (Lipinski definition) is 2. The van der Waals surface area contributed by atoms with Crippen molar-refractivity contribution in [1.29, 1.82) is 0 Å². The summed E-state index contributed by atoms with van der Waals surface area (Å²) >= 11 is 12.1. The van der Waals surface area contributed by atoms with Gasteiger partial charge in [-0.3, -0.25) is 9.59 Å². The van der Waals surface area contributed by atoms with Crippen LogP contribution in [-0.2, 0) is 4.79 Å². The number of benzene rings is 2. The van der Waals surface area contributed by atoms with E-state index < -0.39 is 0 Å². The van der Waals surface area contributed by atoms with Gasteiger partial charge in [0, 0.05) is 35.3 Å². The van der Waals surface area contributed by atoms with Gasteiger partial charge in [0.2, 0.25) is 5.91 Å². The zero-order valence-corrected chi connectivity index (χ0v) is 15.2. The van der Waals surface area contributed by atoms with Crippen LogP contribution in [0.4, 0.5) is 5.69 Å². The average molecular weight is 365 g/mol. The molecule has 0 unspecified atom stereocenters. The molecule has 0 heterocycles. The maximum Gasteiger partial charge on any atom is 0.254 e. The van der Waals surface area contributed by atoms with Gasteiger partial charge in [0.1, 0.15) is 0 Å². The number of nitrogens with zero attached hydrogens (tertiary/aromatic N) is 1. The van der Waals surface area contributed by atoms with E-state index in [0.717, 1.165) is 5.56 Å². The van der Waals surface area contributed by atoms with Crippen LogP contribution in [0, 0.1) is 0 Å². The summed E-state index contributed by atoms with van der Waals surface area (Å²) in [5, 5.41) is 3.75. The minimum atomic E-state index is -0.211. The zero-order chi connectivity index (χ0) is 17.9. The third-order valence-electron chi connectivity index (χ3n) is 3.77. The Balaban J connectivity index is 2.17. The van der Waals surface area contributed by atoms with Crippen molar-refractivity contribution < 1.29 is 9.59 Å². The van der Waals surface area contributed by atoms with E-state index in [0.29, 0.717) is 21.3 Å². The van der Waals surface area contributed by atoms with Crippen LogP contribution in [0.15, 0.2) is 42.5 Å². The molecule has 0 saturated carbocycles. The molecule has 2 rings (SSSR count). The molecule has 0 bridgehead atoms. The van der Waals surface area contributed by atoms with Gasteiger partial charge < -0.3 is 10.2 Å².